The molecule has 2 aliphatic heterocycles. The van der Waals surface area contributed by atoms with Crippen LogP contribution in [0.2, 0.25) is 0 Å². The van der Waals surface area contributed by atoms with Crippen molar-refractivity contribution in [3.8, 4) is 0 Å². The van der Waals surface area contributed by atoms with Crippen LogP contribution in [0.1, 0.15) is 20.8 Å². The summed E-state index contributed by atoms with van der Waals surface area (Å²) < 4.78 is 26.2. The third-order valence-electron chi connectivity index (χ3n) is 4.22. The minimum Gasteiger partial charge on any atom is -0.450 e. The molecule has 3 rings (SSSR count). The average Bonchev–Trinajstić information content (AvgIpc) is 3.26. The van der Waals surface area contributed by atoms with Gasteiger partial charge in [0.15, 0.2) is 5.79 Å². The Morgan fingerprint density at radius 1 is 1.32 bits per heavy atom. The molecule has 0 unspecified atom stereocenters. The van der Waals surface area contributed by atoms with Crippen molar-refractivity contribution >= 4 is 18.1 Å². The Kier molecular flexibility index (Phi) is 6.19. The molecule has 2 fully saturated rings. The highest BCUT2D eigenvalue weighted by Gasteiger charge is 2.33. The average molecular weight is 400 g/mol. The Hall–Kier alpha value is -2.60. The van der Waals surface area contributed by atoms with Crippen LogP contribution in [0.25, 0.3) is 0 Å². The van der Waals surface area contributed by atoms with Crippen LogP contribution < -0.4 is 15.1 Å². The summed E-state index contributed by atoms with van der Waals surface area (Å²) in [6.07, 6.45) is 0.219. The van der Waals surface area contributed by atoms with Crippen molar-refractivity contribution in [1.29, 1.82) is 0 Å². The van der Waals surface area contributed by atoms with Gasteiger partial charge >= 0.3 is 18.1 Å². The second-order valence-electron chi connectivity index (χ2n) is 6.80. The molecular weight excluding hydrogens is 374 g/mol. The van der Waals surface area contributed by atoms with Gasteiger partial charge < -0.3 is 23.8 Å². The Morgan fingerprint density at radius 3 is 2.71 bits per heavy atom. The summed E-state index contributed by atoms with van der Waals surface area (Å²) in [5.74, 6) is -0.528. The first-order valence-corrected chi connectivity index (χ1v) is 9.17. The van der Waals surface area contributed by atoms with E-state index in [0.29, 0.717) is 39.4 Å². The maximum atomic E-state index is 11.9. The normalized spacial score (nSPS) is 21.5. The van der Waals surface area contributed by atoms with Gasteiger partial charge in [-0.15, -0.1) is 5.01 Å². The molecule has 3 heterocycles. The van der Waals surface area contributed by atoms with Crippen LogP contribution in [-0.2, 0) is 18.9 Å². The van der Waals surface area contributed by atoms with E-state index in [-0.39, 0.29) is 24.7 Å². The lowest BCUT2D eigenvalue weighted by Crippen LogP contribution is -2.65. The number of aromatic nitrogens is 2. The predicted molar refractivity (Wildman–Crippen MR) is 93.1 cm³/mol. The van der Waals surface area contributed by atoms with Crippen molar-refractivity contribution in [2.24, 2.45) is 0 Å². The molecule has 28 heavy (non-hydrogen) atoms. The number of amides is 2. The van der Waals surface area contributed by atoms with Crippen molar-refractivity contribution in [3.05, 3.63) is 6.20 Å². The van der Waals surface area contributed by atoms with E-state index in [0.717, 1.165) is 0 Å². The first-order valence-electron chi connectivity index (χ1n) is 9.17. The number of carbonyl (C=O) groups is 2. The first-order chi connectivity index (χ1) is 13.4. The van der Waals surface area contributed by atoms with Crippen LogP contribution in [-0.4, -0.2) is 80.2 Å². The second kappa shape index (κ2) is 8.61. The minimum absolute atomic E-state index is 0.0687. The van der Waals surface area contributed by atoms with Crippen molar-refractivity contribution in [2.75, 3.05) is 56.3 Å². The van der Waals surface area contributed by atoms with Crippen LogP contribution >= 0.6 is 0 Å². The Labute approximate surface area is 162 Å². The van der Waals surface area contributed by atoms with Crippen LogP contribution in [0.15, 0.2) is 10.7 Å². The number of rotatable bonds is 5. The van der Waals surface area contributed by atoms with Gasteiger partial charge in [0.05, 0.1) is 31.1 Å². The molecule has 0 bridgehead atoms. The van der Waals surface area contributed by atoms with E-state index < -0.39 is 11.9 Å². The van der Waals surface area contributed by atoms with E-state index in [9.17, 15) is 9.59 Å². The summed E-state index contributed by atoms with van der Waals surface area (Å²) in [5.41, 5.74) is 0. The number of carbonyl (C=O) groups excluding carboxylic acids is 2. The minimum atomic E-state index is -0.677. The summed E-state index contributed by atoms with van der Waals surface area (Å²) >= 11 is 0. The van der Waals surface area contributed by atoms with Crippen LogP contribution in [0, 0.1) is 0 Å². The molecule has 0 aromatic carbocycles. The fourth-order valence-electron chi connectivity index (χ4n) is 2.87. The number of hydrogen-bond donors (Lipinski definition) is 1. The zero-order valence-corrected chi connectivity index (χ0v) is 16.3. The van der Waals surface area contributed by atoms with Crippen molar-refractivity contribution in [1.82, 2.24) is 10.2 Å². The quantitative estimate of drug-likeness (QED) is 0.685. The van der Waals surface area contributed by atoms with E-state index in [4.69, 9.17) is 23.5 Å². The maximum Gasteiger partial charge on any atom is 0.414 e. The molecule has 1 atom stereocenters. The topological polar surface area (TPSA) is 119 Å². The third-order valence-corrected chi connectivity index (χ3v) is 4.22. The molecule has 0 spiro atoms. The third kappa shape index (κ3) is 5.23. The predicted octanol–water partition coefficient (Wildman–Crippen LogP) is 0.0722. The van der Waals surface area contributed by atoms with Crippen LogP contribution in [0.3, 0.4) is 0 Å². The van der Waals surface area contributed by atoms with Gasteiger partial charge in [0.2, 0.25) is 5.27 Å². The molecule has 0 aliphatic carbocycles. The van der Waals surface area contributed by atoms with Crippen LogP contribution in [0.5, 0.6) is 0 Å². The standard InChI is InChI=1S/C16H25N5O7/c1-4-24-15(23)19-5-7-20(8-6-19)21-9-13(28-18-21)17-14(22)25-10-12-11-26-16(2,3)27-12/h9,12H,4-8,10-11H2,1-3H3/p+1/t12-/m0/s1. The Morgan fingerprint density at radius 2 is 2.07 bits per heavy atom. The first kappa shape index (κ1) is 20.1. The number of ether oxygens (including phenoxy) is 4. The van der Waals surface area contributed by atoms with Crippen molar-refractivity contribution in [3.63, 3.8) is 0 Å². The SMILES string of the molecule is CCOC(=O)N1CCN([n+]2cc(NC(=O)OC[C@H]3COC(C)(C)O3)on2)CC1. The molecule has 2 amide bonds. The molecule has 12 nitrogen and oxygen atoms in total. The van der Waals surface area contributed by atoms with E-state index >= 15 is 0 Å². The molecule has 0 radical (unpaired) electrons. The van der Waals surface area contributed by atoms with Gasteiger partial charge in [-0.05, 0) is 20.8 Å². The van der Waals surface area contributed by atoms with Gasteiger partial charge in [-0.1, -0.05) is 0 Å². The lowest BCUT2D eigenvalue weighted by Gasteiger charge is -2.29. The lowest BCUT2D eigenvalue weighted by molar-refractivity contribution is -0.759. The fourth-order valence-corrected chi connectivity index (χ4v) is 2.87. The summed E-state index contributed by atoms with van der Waals surface area (Å²) in [4.78, 5) is 26.7. The molecule has 1 N–H and O–H groups in total. The number of hydrogen-bond acceptors (Lipinski definition) is 9. The second-order valence-corrected chi connectivity index (χ2v) is 6.80. The molecule has 1 aromatic rings. The largest absolute Gasteiger partial charge is 0.450 e. The number of nitrogens with zero attached hydrogens (tertiary/aromatic N) is 4. The van der Waals surface area contributed by atoms with Crippen LogP contribution in [0.4, 0.5) is 15.5 Å². The Balaban J connectivity index is 1.42. The monoisotopic (exact) mass is 400 g/mol. The molecular formula is C16H26N5O7+. The van der Waals surface area contributed by atoms with Gasteiger partial charge in [-0.2, -0.15) is 0 Å². The highest BCUT2D eigenvalue weighted by Crippen LogP contribution is 2.22. The zero-order chi connectivity index (χ0) is 20.1. The molecule has 2 aliphatic rings. The molecule has 12 heteroatoms. The highest BCUT2D eigenvalue weighted by atomic mass is 16.7. The van der Waals surface area contributed by atoms with Gasteiger partial charge in [0.1, 0.15) is 12.7 Å². The summed E-state index contributed by atoms with van der Waals surface area (Å²) in [7, 11) is 0. The van der Waals surface area contributed by atoms with Gasteiger partial charge in [0, 0.05) is 13.1 Å². The number of nitrogens with one attached hydrogen (secondary N) is 1. The van der Waals surface area contributed by atoms with Gasteiger partial charge in [-0.3, -0.25) is 9.84 Å². The molecule has 156 valence electrons. The lowest BCUT2D eigenvalue weighted by atomic mass is 10.4. The summed E-state index contributed by atoms with van der Waals surface area (Å²) in [6.45, 7) is 8.25. The molecule has 2 saturated heterocycles. The van der Waals surface area contributed by atoms with Crippen molar-refractivity contribution in [2.45, 2.75) is 32.7 Å². The van der Waals surface area contributed by atoms with E-state index in [1.54, 1.807) is 25.7 Å². The number of anilines is 1. The van der Waals surface area contributed by atoms with E-state index in [2.05, 4.69) is 10.6 Å². The fraction of sp³-hybridized carbons (Fsp3) is 0.750. The van der Waals surface area contributed by atoms with E-state index in [1.807, 2.05) is 5.01 Å². The smallest absolute Gasteiger partial charge is 0.414 e. The maximum absolute atomic E-state index is 11.9. The van der Waals surface area contributed by atoms with Gasteiger partial charge in [-0.25, -0.2) is 9.59 Å². The highest BCUT2D eigenvalue weighted by molar-refractivity contribution is 5.82. The van der Waals surface area contributed by atoms with Gasteiger partial charge in [0.25, 0.3) is 6.20 Å². The number of piperazine rings is 1. The summed E-state index contributed by atoms with van der Waals surface area (Å²) in [6, 6.07) is 0. The molecule has 1 aromatic heterocycles. The summed E-state index contributed by atoms with van der Waals surface area (Å²) in [5, 5.41) is 8.22. The van der Waals surface area contributed by atoms with Crippen molar-refractivity contribution < 1.29 is 37.9 Å². The molecule has 0 saturated carbocycles. The zero-order valence-electron chi connectivity index (χ0n) is 16.3. The van der Waals surface area contributed by atoms with E-state index in [1.165, 1.54) is 11.0 Å². The Bertz CT molecular complexity index is 687.